The first-order valence-electron chi connectivity index (χ1n) is 9.29. The molecule has 1 aliphatic heterocycles. The summed E-state index contributed by atoms with van der Waals surface area (Å²) in [6, 6.07) is 6.76. The number of piperidine rings is 1. The number of anilines is 1. The van der Waals surface area contributed by atoms with Crippen LogP contribution in [0.5, 0.6) is 0 Å². The third kappa shape index (κ3) is 6.27. The van der Waals surface area contributed by atoms with Crippen molar-refractivity contribution in [3.05, 3.63) is 29.8 Å². The van der Waals surface area contributed by atoms with E-state index in [-0.39, 0.29) is 17.9 Å². The Morgan fingerprint density at radius 1 is 1.19 bits per heavy atom. The normalized spacial score (nSPS) is 14.7. The molecule has 7 nitrogen and oxygen atoms in total. The number of carbonyl (C=O) groups is 3. The first-order chi connectivity index (χ1) is 12.9. The van der Waals surface area contributed by atoms with Gasteiger partial charge in [-0.1, -0.05) is 26.0 Å². The lowest BCUT2D eigenvalue weighted by molar-refractivity contribution is -0.117. The van der Waals surface area contributed by atoms with Crippen molar-refractivity contribution in [2.75, 3.05) is 32.1 Å². The second-order valence-electron chi connectivity index (χ2n) is 7.19. The smallest absolute Gasteiger partial charge is 0.409 e. The minimum atomic E-state index is -0.487. The summed E-state index contributed by atoms with van der Waals surface area (Å²) in [6.07, 6.45) is 1.58. The Hall–Kier alpha value is -2.57. The van der Waals surface area contributed by atoms with Gasteiger partial charge in [-0.3, -0.25) is 4.79 Å². The molecule has 0 saturated carbocycles. The fraction of sp³-hybridized carbons (Fsp3) is 0.550. The van der Waals surface area contributed by atoms with Crippen molar-refractivity contribution < 1.29 is 23.9 Å². The number of hydrogen-bond acceptors (Lipinski definition) is 5. The van der Waals surface area contributed by atoms with Gasteiger partial charge in [0.1, 0.15) is 0 Å². The number of nitrogens with one attached hydrogen (secondary N) is 1. The third-order valence-electron chi connectivity index (χ3n) is 4.49. The summed E-state index contributed by atoms with van der Waals surface area (Å²) < 4.78 is 9.99. The molecule has 0 spiro atoms. The molecule has 2 rings (SSSR count). The number of likely N-dealkylation sites (tertiary alicyclic amines) is 1. The molecule has 0 radical (unpaired) electrons. The van der Waals surface area contributed by atoms with Gasteiger partial charge in [0, 0.05) is 19.5 Å². The van der Waals surface area contributed by atoms with E-state index in [1.54, 1.807) is 29.2 Å². The number of carbonyl (C=O) groups excluding carboxylic acids is 3. The van der Waals surface area contributed by atoms with Gasteiger partial charge in [-0.05, 0) is 36.8 Å². The minimum Gasteiger partial charge on any atom is -0.465 e. The number of methoxy groups -OCH3 is 1. The molecule has 0 unspecified atom stereocenters. The average molecular weight is 376 g/mol. The van der Waals surface area contributed by atoms with Crippen molar-refractivity contribution in [1.29, 1.82) is 0 Å². The molecule has 0 aromatic heterocycles. The van der Waals surface area contributed by atoms with Crippen LogP contribution in [0.4, 0.5) is 10.5 Å². The summed E-state index contributed by atoms with van der Waals surface area (Å²) >= 11 is 0. The summed E-state index contributed by atoms with van der Waals surface area (Å²) in [5, 5.41) is 2.79. The molecule has 1 aliphatic rings. The third-order valence-corrected chi connectivity index (χ3v) is 4.49. The first-order valence-corrected chi connectivity index (χ1v) is 9.29. The van der Waals surface area contributed by atoms with Crippen molar-refractivity contribution in [3.8, 4) is 0 Å². The molecule has 1 aromatic carbocycles. The van der Waals surface area contributed by atoms with E-state index in [9.17, 15) is 14.4 Å². The van der Waals surface area contributed by atoms with Crippen molar-refractivity contribution in [2.24, 2.45) is 11.8 Å². The van der Waals surface area contributed by atoms with Gasteiger partial charge in [0.15, 0.2) is 0 Å². The molecule has 27 heavy (non-hydrogen) atoms. The molecule has 1 N–H and O–H groups in total. The molecular weight excluding hydrogens is 348 g/mol. The van der Waals surface area contributed by atoms with E-state index < -0.39 is 5.97 Å². The van der Waals surface area contributed by atoms with E-state index in [0.29, 0.717) is 43.3 Å². The van der Waals surface area contributed by atoms with Crippen molar-refractivity contribution in [2.45, 2.75) is 33.1 Å². The molecule has 1 fully saturated rings. The van der Waals surface area contributed by atoms with E-state index in [0.717, 1.165) is 12.8 Å². The number of benzene rings is 1. The summed E-state index contributed by atoms with van der Waals surface area (Å²) in [5.74, 6) is -0.126. The molecule has 0 aliphatic carbocycles. The maximum absolute atomic E-state index is 12.4. The monoisotopic (exact) mass is 376 g/mol. The summed E-state index contributed by atoms with van der Waals surface area (Å²) in [7, 11) is 1.31. The van der Waals surface area contributed by atoms with Gasteiger partial charge in [-0.15, -0.1) is 0 Å². The highest BCUT2D eigenvalue weighted by atomic mass is 16.6. The highest BCUT2D eigenvalue weighted by Crippen LogP contribution is 2.23. The van der Waals surface area contributed by atoms with Gasteiger partial charge in [0.05, 0.1) is 25.0 Å². The van der Waals surface area contributed by atoms with Crippen LogP contribution in [0, 0.1) is 11.8 Å². The van der Waals surface area contributed by atoms with Gasteiger partial charge >= 0.3 is 12.1 Å². The van der Waals surface area contributed by atoms with Crippen LogP contribution in [0.3, 0.4) is 0 Å². The standard InChI is InChI=1S/C20H28N2O5/c1-14(2)13-27-20(25)22-10-8-15(9-11-22)12-18(23)21-17-7-5-4-6-16(17)19(24)26-3/h4-7,14-15H,8-13H2,1-3H3,(H,21,23). The molecule has 148 valence electrons. The van der Waals surface area contributed by atoms with Gasteiger partial charge < -0.3 is 19.7 Å². The number of hydrogen-bond donors (Lipinski definition) is 1. The Bertz CT molecular complexity index is 666. The number of esters is 1. The Morgan fingerprint density at radius 2 is 1.85 bits per heavy atom. The lowest BCUT2D eigenvalue weighted by atomic mass is 9.93. The maximum Gasteiger partial charge on any atom is 0.409 e. The average Bonchev–Trinajstić information content (AvgIpc) is 2.66. The van der Waals surface area contributed by atoms with E-state index >= 15 is 0 Å². The number of para-hydroxylation sites is 1. The molecule has 2 amide bonds. The second kappa shape index (κ2) is 9.94. The van der Waals surface area contributed by atoms with Gasteiger partial charge in [0.2, 0.25) is 5.91 Å². The van der Waals surface area contributed by atoms with Gasteiger partial charge in [0.25, 0.3) is 0 Å². The highest BCUT2D eigenvalue weighted by molar-refractivity contribution is 6.01. The summed E-state index contributed by atoms with van der Waals surface area (Å²) in [6.45, 7) is 5.59. The van der Waals surface area contributed by atoms with Crippen LogP contribution in [0.2, 0.25) is 0 Å². The lowest BCUT2D eigenvalue weighted by Crippen LogP contribution is -2.39. The molecule has 0 bridgehead atoms. The maximum atomic E-state index is 12.4. The van der Waals surface area contributed by atoms with Crippen molar-refractivity contribution >= 4 is 23.7 Å². The minimum absolute atomic E-state index is 0.146. The number of amides is 2. The lowest BCUT2D eigenvalue weighted by Gasteiger charge is -2.31. The zero-order valence-electron chi connectivity index (χ0n) is 16.2. The van der Waals surface area contributed by atoms with Crippen LogP contribution in [-0.2, 0) is 14.3 Å². The molecule has 1 aromatic rings. The molecular formula is C20H28N2O5. The quantitative estimate of drug-likeness (QED) is 0.770. The number of ether oxygens (including phenoxy) is 2. The Morgan fingerprint density at radius 3 is 2.48 bits per heavy atom. The predicted octanol–water partition coefficient (Wildman–Crippen LogP) is 3.31. The summed E-state index contributed by atoms with van der Waals surface area (Å²) in [4.78, 5) is 37.8. The Kier molecular flexibility index (Phi) is 7.64. The van der Waals surface area contributed by atoms with Crippen LogP contribution < -0.4 is 5.32 Å². The molecule has 7 heteroatoms. The topological polar surface area (TPSA) is 84.9 Å². The largest absolute Gasteiger partial charge is 0.465 e. The zero-order valence-corrected chi connectivity index (χ0v) is 16.2. The molecule has 0 atom stereocenters. The van der Waals surface area contributed by atoms with Crippen LogP contribution in [-0.4, -0.2) is 49.7 Å². The molecule has 1 saturated heterocycles. The fourth-order valence-corrected chi connectivity index (χ4v) is 2.99. The van der Waals surface area contributed by atoms with Gasteiger partial charge in [-0.2, -0.15) is 0 Å². The van der Waals surface area contributed by atoms with Crippen molar-refractivity contribution in [1.82, 2.24) is 4.90 Å². The fourth-order valence-electron chi connectivity index (χ4n) is 2.99. The Balaban J connectivity index is 1.81. The van der Waals surface area contributed by atoms with Crippen LogP contribution in [0.15, 0.2) is 24.3 Å². The van der Waals surface area contributed by atoms with Crippen LogP contribution in [0.25, 0.3) is 0 Å². The summed E-state index contributed by atoms with van der Waals surface area (Å²) in [5.41, 5.74) is 0.778. The van der Waals surface area contributed by atoms with Crippen LogP contribution >= 0.6 is 0 Å². The predicted molar refractivity (Wildman–Crippen MR) is 102 cm³/mol. The molecule has 1 heterocycles. The number of rotatable bonds is 6. The van der Waals surface area contributed by atoms with E-state index in [4.69, 9.17) is 9.47 Å². The first kappa shape index (κ1) is 20.7. The second-order valence-corrected chi connectivity index (χ2v) is 7.19. The Labute approximate surface area is 160 Å². The zero-order chi connectivity index (χ0) is 19.8. The van der Waals surface area contributed by atoms with E-state index in [1.807, 2.05) is 13.8 Å². The van der Waals surface area contributed by atoms with Gasteiger partial charge in [-0.25, -0.2) is 9.59 Å². The van der Waals surface area contributed by atoms with Crippen molar-refractivity contribution in [3.63, 3.8) is 0 Å². The number of nitrogens with zero attached hydrogens (tertiary/aromatic N) is 1. The van der Waals surface area contributed by atoms with Crippen LogP contribution in [0.1, 0.15) is 43.5 Å². The highest BCUT2D eigenvalue weighted by Gasteiger charge is 2.25. The SMILES string of the molecule is COC(=O)c1ccccc1NC(=O)CC1CCN(C(=O)OCC(C)C)CC1. The van der Waals surface area contributed by atoms with E-state index in [2.05, 4.69) is 5.32 Å². The van der Waals surface area contributed by atoms with E-state index in [1.165, 1.54) is 7.11 Å².